The molecule has 1 aromatic heterocycles. The van der Waals surface area contributed by atoms with Gasteiger partial charge < -0.3 is 9.73 Å². The van der Waals surface area contributed by atoms with Gasteiger partial charge in [-0.3, -0.25) is 0 Å². The van der Waals surface area contributed by atoms with Crippen LogP contribution in [-0.2, 0) is 0 Å². The Morgan fingerprint density at radius 3 is 2.94 bits per heavy atom. The summed E-state index contributed by atoms with van der Waals surface area (Å²) in [6.45, 7) is 6.68. The van der Waals surface area contributed by atoms with Crippen molar-refractivity contribution in [2.45, 2.75) is 52.1 Å². The number of allylic oxidation sites excluding steroid dienone is 1. The van der Waals surface area contributed by atoms with E-state index in [1.54, 1.807) is 6.26 Å². The third-order valence-electron chi connectivity index (χ3n) is 3.74. The fourth-order valence-corrected chi connectivity index (χ4v) is 2.54. The van der Waals surface area contributed by atoms with Crippen LogP contribution < -0.4 is 5.32 Å². The Bertz CT molecular complexity index is 362. The van der Waals surface area contributed by atoms with Gasteiger partial charge in [0.1, 0.15) is 0 Å². The van der Waals surface area contributed by atoms with Gasteiger partial charge in [-0.2, -0.15) is 0 Å². The zero-order valence-electron chi connectivity index (χ0n) is 11.1. The first kappa shape index (κ1) is 12.4. The van der Waals surface area contributed by atoms with Crippen molar-refractivity contribution in [3.63, 3.8) is 0 Å². The number of hydrogen-bond acceptors (Lipinski definition) is 2. The summed E-state index contributed by atoms with van der Waals surface area (Å²) >= 11 is 0. The van der Waals surface area contributed by atoms with Gasteiger partial charge in [0.2, 0.25) is 0 Å². The highest BCUT2D eigenvalue weighted by atomic mass is 16.3. The molecule has 0 amide bonds. The van der Waals surface area contributed by atoms with Gasteiger partial charge in [0.15, 0.2) is 0 Å². The lowest BCUT2D eigenvalue weighted by Gasteiger charge is -2.35. The second kappa shape index (κ2) is 5.54. The van der Waals surface area contributed by atoms with E-state index in [0.717, 1.165) is 12.3 Å². The molecule has 1 fully saturated rings. The van der Waals surface area contributed by atoms with Crippen LogP contribution in [0.3, 0.4) is 0 Å². The predicted molar refractivity (Wildman–Crippen MR) is 70.8 cm³/mol. The van der Waals surface area contributed by atoms with Gasteiger partial charge in [-0.1, -0.05) is 18.6 Å². The molecule has 0 saturated carbocycles. The van der Waals surface area contributed by atoms with Crippen LogP contribution in [0.15, 0.2) is 34.7 Å². The Hall–Kier alpha value is -1.02. The first-order valence-corrected chi connectivity index (χ1v) is 6.58. The molecule has 2 nitrogen and oxygen atoms in total. The molecule has 1 aromatic rings. The maximum absolute atomic E-state index is 5.18. The second-order valence-corrected chi connectivity index (χ2v) is 5.45. The Morgan fingerprint density at radius 1 is 1.47 bits per heavy atom. The van der Waals surface area contributed by atoms with E-state index in [-0.39, 0.29) is 0 Å². The van der Waals surface area contributed by atoms with Crippen LogP contribution in [0.1, 0.15) is 51.6 Å². The highest BCUT2D eigenvalue weighted by Crippen LogP contribution is 2.30. The third kappa shape index (κ3) is 3.22. The lowest BCUT2D eigenvalue weighted by Crippen LogP contribution is -2.41. The van der Waals surface area contributed by atoms with Gasteiger partial charge in [0.05, 0.1) is 12.5 Å². The number of hydrogen-bond donors (Lipinski definition) is 1. The minimum Gasteiger partial charge on any atom is -0.472 e. The molecular weight excluding hydrogens is 210 g/mol. The normalized spacial score (nSPS) is 29.0. The maximum Gasteiger partial charge on any atom is 0.0950 e. The van der Waals surface area contributed by atoms with Crippen LogP contribution in [0.25, 0.3) is 0 Å². The standard InChI is InChI=1S/C15H23NO/c1-11(2)4-6-14-12(3)5-7-15(16-14)13-8-9-17-10-13/h4,8-10,12,14-16H,5-7H2,1-3H3/t12-,14+,15+/m0/s1. The van der Waals surface area contributed by atoms with Crippen molar-refractivity contribution in [3.05, 3.63) is 35.8 Å². The Balaban J connectivity index is 1.99. The molecule has 0 aromatic carbocycles. The summed E-state index contributed by atoms with van der Waals surface area (Å²) in [5.74, 6) is 0.758. The minimum atomic E-state index is 0.473. The van der Waals surface area contributed by atoms with Crippen molar-refractivity contribution in [1.82, 2.24) is 5.32 Å². The molecule has 2 rings (SSSR count). The van der Waals surface area contributed by atoms with E-state index in [1.165, 1.54) is 24.0 Å². The highest BCUT2D eigenvalue weighted by Gasteiger charge is 2.27. The lowest BCUT2D eigenvalue weighted by molar-refractivity contribution is 0.246. The van der Waals surface area contributed by atoms with E-state index in [4.69, 9.17) is 4.42 Å². The average Bonchev–Trinajstić information content (AvgIpc) is 2.81. The van der Waals surface area contributed by atoms with Crippen molar-refractivity contribution in [2.75, 3.05) is 0 Å². The predicted octanol–water partition coefficient (Wildman–Crippen LogP) is 4.07. The number of piperidine rings is 1. The van der Waals surface area contributed by atoms with E-state index in [2.05, 4.69) is 38.2 Å². The molecule has 1 saturated heterocycles. The van der Waals surface area contributed by atoms with Crippen LogP contribution in [0, 0.1) is 5.92 Å². The molecule has 17 heavy (non-hydrogen) atoms. The van der Waals surface area contributed by atoms with E-state index in [0.29, 0.717) is 12.1 Å². The number of rotatable bonds is 3. The molecule has 2 heterocycles. The van der Waals surface area contributed by atoms with Crippen LogP contribution >= 0.6 is 0 Å². The fourth-order valence-electron chi connectivity index (χ4n) is 2.54. The van der Waals surface area contributed by atoms with Gasteiger partial charge in [0, 0.05) is 17.6 Å². The van der Waals surface area contributed by atoms with Crippen molar-refractivity contribution in [3.8, 4) is 0 Å². The van der Waals surface area contributed by atoms with Crippen LogP contribution in [0.4, 0.5) is 0 Å². The SMILES string of the molecule is CC(C)=CC[C@H]1N[C@@H](c2ccoc2)CC[C@@H]1C. The first-order chi connectivity index (χ1) is 8.16. The molecule has 2 heteroatoms. The lowest BCUT2D eigenvalue weighted by atomic mass is 9.85. The highest BCUT2D eigenvalue weighted by molar-refractivity contribution is 5.13. The summed E-state index contributed by atoms with van der Waals surface area (Å²) in [7, 11) is 0. The number of furan rings is 1. The first-order valence-electron chi connectivity index (χ1n) is 6.58. The summed E-state index contributed by atoms with van der Waals surface area (Å²) in [5, 5.41) is 3.76. The minimum absolute atomic E-state index is 0.473. The summed E-state index contributed by atoms with van der Waals surface area (Å²) in [5.41, 5.74) is 2.70. The molecule has 3 atom stereocenters. The van der Waals surface area contributed by atoms with Crippen LogP contribution in [-0.4, -0.2) is 6.04 Å². The fraction of sp³-hybridized carbons (Fsp3) is 0.600. The molecule has 0 unspecified atom stereocenters. The van der Waals surface area contributed by atoms with Crippen molar-refractivity contribution in [2.24, 2.45) is 5.92 Å². The molecule has 0 bridgehead atoms. The summed E-state index contributed by atoms with van der Waals surface area (Å²) in [6, 6.07) is 3.14. The summed E-state index contributed by atoms with van der Waals surface area (Å²) in [4.78, 5) is 0. The molecule has 0 radical (unpaired) electrons. The molecule has 1 aliphatic rings. The van der Waals surface area contributed by atoms with Crippen molar-refractivity contribution >= 4 is 0 Å². The summed E-state index contributed by atoms with van der Waals surface area (Å²) in [6.07, 6.45) is 9.62. The monoisotopic (exact) mass is 233 g/mol. The molecular formula is C15H23NO. The van der Waals surface area contributed by atoms with E-state index in [1.807, 2.05) is 6.26 Å². The molecule has 1 N–H and O–H groups in total. The van der Waals surface area contributed by atoms with Crippen LogP contribution in [0.5, 0.6) is 0 Å². The van der Waals surface area contributed by atoms with Crippen molar-refractivity contribution in [1.29, 1.82) is 0 Å². The van der Waals surface area contributed by atoms with Gasteiger partial charge in [-0.05, 0) is 45.1 Å². The van der Waals surface area contributed by atoms with Gasteiger partial charge in [0.25, 0.3) is 0 Å². The molecule has 0 spiro atoms. The van der Waals surface area contributed by atoms with E-state index >= 15 is 0 Å². The zero-order valence-corrected chi connectivity index (χ0v) is 11.1. The van der Waals surface area contributed by atoms with Gasteiger partial charge in [-0.15, -0.1) is 0 Å². The Labute approximate surface area is 104 Å². The molecule has 1 aliphatic heterocycles. The Morgan fingerprint density at radius 2 is 2.29 bits per heavy atom. The third-order valence-corrected chi connectivity index (χ3v) is 3.74. The second-order valence-electron chi connectivity index (χ2n) is 5.45. The average molecular weight is 233 g/mol. The van der Waals surface area contributed by atoms with Gasteiger partial charge >= 0.3 is 0 Å². The topological polar surface area (TPSA) is 25.2 Å². The van der Waals surface area contributed by atoms with Crippen molar-refractivity contribution < 1.29 is 4.42 Å². The Kier molecular flexibility index (Phi) is 4.06. The largest absolute Gasteiger partial charge is 0.472 e. The zero-order chi connectivity index (χ0) is 12.3. The molecule has 94 valence electrons. The van der Waals surface area contributed by atoms with E-state index in [9.17, 15) is 0 Å². The summed E-state index contributed by atoms with van der Waals surface area (Å²) < 4.78 is 5.18. The smallest absolute Gasteiger partial charge is 0.0950 e. The van der Waals surface area contributed by atoms with Crippen LogP contribution in [0.2, 0.25) is 0 Å². The van der Waals surface area contributed by atoms with E-state index < -0.39 is 0 Å². The molecule has 0 aliphatic carbocycles. The maximum atomic E-state index is 5.18. The van der Waals surface area contributed by atoms with Gasteiger partial charge in [-0.25, -0.2) is 0 Å². The number of nitrogens with one attached hydrogen (secondary N) is 1. The quantitative estimate of drug-likeness (QED) is 0.796.